The smallest absolute Gasteiger partial charge is 0.252 e. The van der Waals surface area contributed by atoms with Crippen molar-refractivity contribution in [1.29, 1.82) is 0 Å². The Kier molecular flexibility index (Phi) is 7.50. The van der Waals surface area contributed by atoms with Gasteiger partial charge in [0.15, 0.2) is 0 Å². The van der Waals surface area contributed by atoms with Crippen LogP contribution in [0.5, 0.6) is 0 Å². The Balaban J connectivity index is 1.47. The first-order valence-corrected chi connectivity index (χ1v) is 11.9. The molecule has 2 amide bonds. The van der Waals surface area contributed by atoms with E-state index in [-0.39, 0.29) is 17.9 Å². The van der Waals surface area contributed by atoms with Crippen molar-refractivity contribution in [2.45, 2.75) is 25.8 Å². The zero-order chi connectivity index (χ0) is 24.8. The summed E-state index contributed by atoms with van der Waals surface area (Å²) in [6, 6.07) is 19.8. The lowest BCUT2D eigenvalue weighted by atomic mass is 9.96. The van der Waals surface area contributed by atoms with Crippen LogP contribution in [0.3, 0.4) is 0 Å². The number of hydrogen-bond donors (Lipinski definition) is 4. The molecule has 4 rings (SSSR count). The molecule has 5 N–H and O–H groups in total. The lowest BCUT2D eigenvalue weighted by molar-refractivity contribution is -0.124. The maximum absolute atomic E-state index is 12.1. The highest BCUT2D eigenvalue weighted by molar-refractivity contribution is 5.98. The van der Waals surface area contributed by atoms with E-state index in [1.54, 1.807) is 13.1 Å². The minimum absolute atomic E-state index is 0.0173. The van der Waals surface area contributed by atoms with Gasteiger partial charge in [-0.2, -0.15) is 0 Å². The van der Waals surface area contributed by atoms with Gasteiger partial charge in [-0.25, -0.2) is 4.98 Å². The number of amides is 2. The quantitative estimate of drug-likeness (QED) is 0.393. The first-order valence-electron chi connectivity index (χ1n) is 11.9. The topological polar surface area (TPSA) is 112 Å². The zero-order valence-corrected chi connectivity index (χ0v) is 20.1. The third-order valence-electron chi connectivity index (χ3n) is 6.38. The van der Waals surface area contributed by atoms with Crippen LogP contribution in [0.4, 0.5) is 22.9 Å². The lowest BCUT2D eigenvalue weighted by Gasteiger charge is -2.33. The van der Waals surface area contributed by atoms with Gasteiger partial charge in [-0.3, -0.25) is 9.59 Å². The average Bonchev–Trinajstić information content (AvgIpc) is 2.89. The van der Waals surface area contributed by atoms with Gasteiger partial charge in [-0.15, -0.1) is 0 Å². The van der Waals surface area contributed by atoms with E-state index >= 15 is 0 Å². The lowest BCUT2D eigenvalue weighted by Crippen LogP contribution is -2.42. The molecule has 2 heterocycles. The van der Waals surface area contributed by atoms with Crippen LogP contribution in [0.1, 0.15) is 41.7 Å². The predicted molar refractivity (Wildman–Crippen MR) is 140 cm³/mol. The molecule has 3 aromatic rings. The van der Waals surface area contributed by atoms with Gasteiger partial charge in [0.2, 0.25) is 5.91 Å². The largest absolute Gasteiger partial charge is 0.378 e. The fourth-order valence-corrected chi connectivity index (χ4v) is 4.43. The van der Waals surface area contributed by atoms with Crippen LogP contribution >= 0.6 is 0 Å². The van der Waals surface area contributed by atoms with E-state index in [2.05, 4.69) is 25.8 Å². The summed E-state index contributed by atoms with van der Waals surface area (Å²) >= 11 is 0. The Bertz CT molecular complexity index is 1170. The van der Waals surface area contributed by atoms with Crippen LogP contribution in [0.25, 0.3) is 0 Å². The maximum atomic E-state index is 12.1. The van der Waals surface area contributed by atoms with E-state index in [1.165, 1.54) is 6.20 Å². The third-order valence-corrected chi connectivity index (χ3v) is 6.38. The van der Waals surface area contributed by atoms with Gasteiger partial charge >= 0.3 is 0 Å². The van der Waals surface area contributed by atoms with E-state index in [9.17, 15) is 9.59 Å². The molecule has 2 unspecified atom stereocenters. The first kappa shape index (κ1) is 24.1. The van der Waals surface area contributed by atoms with Gasteiger partial charge in [0, 0.05) is 49.8 Å². The van der Waals surface area contributed by atoms with Gasteiger partial charge < -0.3 is 26.6 Å². The Morgan fingerprint density at radius 3 is 2.54 bits per heavy atom. The SMILES string of the molecule is CNC(=O)C1CCCN(c2ccc(Nc3cc(NC(C)c4ccccc4)c(C(N)=O)cn3)cc2)C1. The van der Waals surface area contributed by atoms with E-state index < -0.39 is 5.91 Å². The normalized spacial score (nSPS) is 16.3. The zero-order valence-electron chi connectivity index (χ0n) is 20.1. The van der Waals surface area contributed by atoms with E-state index in [4.69, 9.17) is 5.73 Å². The van der Waals surface area contributed by atoms with Crippen LogP contribution in [0.15, 0.2) is 66.9 Å². The predicted octanol–water partition coefficient (Wildman–Crippen LogP) is 4.06. The van der Waals surface area contributed by atoms with Crippen molar-refractivity contribution in [3.63, 3.8) is 0 Å². The Morgan fingerprint density at radius 1 is 1.11 bits per heavy atom. The minimum atomic E-state index is -0.534. The highest BCUT2D eigenvalue weighted by Crippen LogP contribution is 2.28. The number of anilines is 4. The van der Waals surface area contributed by atoms with Gasteiger partial charge in [-0.05, 0) is 49.6 Å². The number of nitrogens with two attached hydrogens (primary N) is 1. The van der Waals surface area contributed by atoms with E-state index in [1.807, 2.05) is 61.5 Å². The Hall–Kier alpha value is -4.07. The molecule has 2 aromatic carbocycles. The van der Waals surface area contributed by atoms with Crippen molar-refractivity contribution in [3.8, 4) is 0 Å². The molecule has 0 spiro atoms. The summed E-state index contributed by atoms with van der Waals surface area (Å²) in [5.74, 6) is 0.184. The second kappa shape index (κ2) is 10.9. The second-order valence-corrected chi connectivity index (χ2v) is 8.83. The summed E-state index contributed by atoms with van der Waals surface area (Å²) in [5.41, 5.74) is 9.60. The molecule has 1 aliphatic rings. The van der Waals surface area contributed by atoms with Crippen molar-refractivity contribution in [2.24, 2.45) is 11.7 Å². The summed E-state index contributed by atoms with van der Waals surface area (Å²) in [7, 11) is 1.69. The standard InChI is InChI=1S/C27H32N6O2/c1-18(19-7-4-3-5-8-19)31-24-15-25(30-16-23(24)26(28)34)32-21-10-12-22(13-11-21)33-14-6-9-20(17-33)27(35)29-2/h3-5,7-8,10-13,15-16,18,20H,6,9,14,17H2,1-2H3,(H2,28,34)(H,29,35)(H2,30,31,32). The molecule has 35 heavy (non-hydrogen) atoms. The number of pyridine rings is 1. The fraction of sp³-hybridized carbons (Fsp3) is 0.296. The monoisotopic (exact) mass is 472 g/mol. The van der Waals surface area contributed by atoms with Crippen molar-refractivity contribution in [3.05, 3.63) is 78.0 Å². The Labute approximate surface area is 205 Å². The molecule has 0 aliphatic carbocycles. The molecule has 2 atom stereocenters. The van der Waals surface area contributed by atoms with Crippen molar-refractivity contribution < 1.29 is 9.59 Å². The van der Waals surface area contributed by atoms with Crippen LogP contribution in [-0.4, -0.2) is 36.9 Å². The first-order chi connectivity index (χ1) is 16.9. The molecule has 1 aliphatic heterocycles. The molecule has 0 saturated carbocycles. The molecule has 1 aromatic heterocycles. The number of rotatable bonds is 8. The summed E-state index contributed by atoms with van der Waals surface area (Å²) < 4.78 is 0. The second-order valence-electron chi connectivity index (χ2n) is 8.83. The number of carbonyl (C=O) groups is 2. The molecule has 1 saturated heterocycles. The molecule has 0 bridgehead atoms. The summed E-state index contributed by atoms with van der Waals surface area (Å²) in [5, 5.41) is 9.45. The van der Waals surface area contributed by atoms with Crippen molar-refractivity contribution in [2.75, 3.05) is 35.7 Å². The third kappa shape index (κ3) is 5.90. The van der Waals surface area contributed by atoms with Crippen LogP contribution in [0.2, 0.25) is 0 Å². The maximum Gasteiger partial charge on any atom is 0.252 e. The number of nitrogens with zero attached hydrogens (tertiary/aromatic N) is 2. The van der Waals surface area contributed by atoms with Crippen LogP contribution < -0.4 is 26.6 Å². The number of benzene rings is 2. The highest BCUT2D eigenvalue weighted by Gasteiger charge is 2.25. The van der Waals surface area contributed by atoms with Crippen molar-refractivity contribution >= 4 is 34.7 Å². The molecule has 0 radical (unpaired) electrons. The average molecular weight is 473 g/mol. The Morgan fingerprint density at radius 2 is 1.86 bits per heavy atom. The number of aromatic nitrogens is 1. The van der Waals surface area contributed by atoms with Gasteiger partial charge in [0.05, 0.1) is 17.2 Å². The van der Waals surface area contributed by atoms with Gasteiger partial charge in [-0.1, -0.05) is 30.3 Å². The van der Waals surface area contributed by atoms with Crippen LogP contribution in [-0.2, 0) is 4.79 Å². The van der Waals surface area contributed by atoms with Gasteiger partial charge in [0.1, 0.15) is 5.82 Å². The minimum Gasteiger partial charge on any atom is -0.378 e. The molecule has 1 fully saturated rings. The van der Waals surface area contributed by atoms with Gasteiger partial charge in [0.25, 0.3) is 5.91 Å². The number of primary amides is 1. The molecular formula is C27H32N6O2. The summed E-state index contributed by atoms with van der Waals surface area (Å²) in [4.78, 5) is 30.7. The molecule has 8 nitrogen and oxygen atoms in total. The fourth-order valence-electron chi connectivity index (χ4n) is 4.43. The van der Waals surface area contributed by atoms with Crippen LogP contribution in [0, 0.1) is 5.92 Å². The number of hydrogen-bond acceptors (Lipinski definition) is 6. The summed E-state index contributed by atoms with van der Waals surface area (Å²) in [6.07, 6.45) is 3.40. The number of piperidine rings is 1. The number of carbonyl (C=O) groups excluding carboxylic acids is 2. The highest BCUT2D eigenvalue weighted by atomic mass is 16.2. The molecular weight excluding hydrogens is 440 g/mol. The summed E-state index contributed by atoms with van der Waals surface area (Å²) in [6.45, 7) is 3.68. The molecule has 182 valence electrons. The van der Waals surface area contributed by atoms with E-state index in [0.717, 1.165) is 42.9 Å². The molecule has 8 heteroatoms. The number of nitrogens with one attached hydrogen (secondary N) is 3. The van der Waals surface area contributed by atoms with E-state index in [0.29, 0.717) is 17.1 Å². The van der Waals surface area contributed by atoms with Crippen molar-refractivity contribution in [1.82, 2.24) is 10.3 Å².